The minimum atomic E-state index is 0.781. The lowest BCUT2D eigenvalue weighted by Crippen LogP contribution is -2.05. The number of rotatable bonds is 4. The van der Waals surface area contributed by atoms with E-state index in [2.05, 4.69) is 42.6 Å². The van der Waals surface area contributed by atoms with Crippen molar-refractivity contribution in [3.8, 4) is 0 Å². The fraction of sp³-hybridized carbons (Fsp3) is 0.200. The molecule has 17 heavy (non-hydrogen) atoms. The first-order valence-corrected chi connectivity index (χ1v) is 6.17. The van der Waals surface area contributed by atoms with Gasteiger partial charge in [-0.3, -0.25) is 0 Å². The fourth-order valence-electron chi connectivity index (χ4n) is 1.76. The summed E-state index contributed by atoms with van der Waals surface area (Å²) in [6, 6.07) is 16.5. The largest absolute Gasteiger partial charge is 0.384 e. The van der Waals surface area contributed by atoms with Gasteiger partial charge < -0.3 is 5.32 Å². The van der Waals surface area contributed by atoms with E-state index in [9.17, 15) is 0 Å². The van der Waals surface area contributed by atoms with E-state index in [1.54, 1.807) is 0 Å². The fourth-order valence-corrected chi connectivity index (χ4v) is 1.95. The van der Waals surface area contributed by atoms with Crippen LogP contribution >= 0.6 is 11.6 Å². The molecule has 0 aliphatic rings. The highest BCUT2D eigenvalue weighted by atomic mass is 35.5. The van der Waals surface area contributed by atoms with Gasteiger partial charge in [0, 0.05) is 6.54 Å². The highest BCUT2D eigenvalue weighted by molar-refractivity contribution is 6.33. The normalized spacial score (nSPS) is 10.2. The average molecular weight is 246 g/mol. The van der Waals surface area contributed by atoms with E-state index in [4.69, 9.17) is 11.6 Å². The van der Waals surface area contributed by atoms with Crippen LogP contribution in [-0.2, 0) is 6.42 Å². The van der Waals surface area contributed by atoms with Crippen LogP contribution in [0.25, 0.3) is 0 Å². The molecule has 2 heteroatoms. The lowest BCUT2D eigenvalue weighted by Gasteiger charge is -2.09. The first-order valence-electron chi connectivity index (χ1n) is 5.79. The molecule has 2 aromatic carbocycles. The Hall–Kier alpha value is -1.47. The van der Waals surface area contributed by atoms with Crippen molar-refractivity contribution in [2.75, 3.05) is 11.9 Å². The van der Waals surface area contributed by atoms with Gasteiger partial charge in [0.1, 0.15) is 0 Å². The number of hydrogen-bond acceptors (Lipinski definition) is 1. The molecular weight excluding hydrogens is 230 g/mol. The highest BCUT2D eigenvalue weighted by Crippen LogP contribution is 2.22. The van der Waals surface area contributed by atoms with Crippen LogP contribution in [0.5, 0.6) is 0 Å². The molecule has 0 atom stereocenters. The topological polar surface area (TPSA) is 12.0 Å². The molecule has 0 unspecified atom stereocenters. The molecule has 2 rings (SSSR count). The molecule has 0 saturated heterocycles. The van der Waals surface area contributed by atoms with Crippen molar-refractivity contribution in [1.29, 1.82) is 0 Å². The lowest BCUT2D eigenvalue weighted by molar-refractivity contribution is 1.02. The van der Waals surface area contributed by atoms with Gasteiger partial charge in [0.05, 0.1) is 10.7 Å². The molecule has 88 valence electrons. The summed E-state index contributed by atoms with van der Waals surface area (Å²) in [4.78, 5) is 0. The summed E-state index contributed by atoms with van der Waals surface area (Å²) < 4.78 is 0. The minimum Gasteiger partial charge on any atom is -0.384 e. The third-order valence-corrected chi connectivity index (χ3v) is 3.02. The summed E-state index contributed by atoms with van der Waals surface area (Å²) in [6.45, 7) is 2.96. The van der Waals surface area contributed by atoms with Crippen molar-refractivity contribution in [3.05, 3.63) is 64.7 Å². The smallest absolute Gasteiger partial charge is 0.0637 e. The molecule has 2 aromatic rings. The Morgan fingerprint density at radius 1 is 1.06 bits per heavy atom. The molecule has 0 fully saturated rings. The molecule has 0 radical (unpaired) electrons. The lowest BCUT2D eigenvalue weighted by atomic mass is 10.1. The number of aryl methyl sites for hydroxylation is 1. The number of anilines is 1. The van der Waals surface area contributed by atoms with Crippen molar-refractivity contribution >= 4 is 17.3 Å². The zero-order chi connectivity index (χ0) is 12.1. The number of nitrogens with one attached hydrogen (secondary N) is 1. The molecule has 0 aliphatic carbocycles. The predicted octanol–water partition coefficient (Wildman–Crippen LogP) is 4.30. The van der Waals surface area contributed by atoms with Crippen LogP contribution in [-0.4, -0.2) is 6.54 Å². The van der Waals surface area contributed by atoms with Crippen molar-refractivity contribution < 1.29 is 0 Å². The summed E-state index contributed by atoms with van der Waals surface area (Å²) in [5.74, 6) is 0. The van der Waals surface area contributed by atoms with Crippen LogP contribution in [0.1, 0.15) is 11.1 Å². The third-order valence-electron chi connectivity index (χ3n) is 2.69. The third kappa shape index (κ3) is 3.50. The number of benzene rings is 2. The van der Waals surface area contributed by atoms with Crippen LogP contribution in [0.15, 0.2) is 48.5 Å². The SMILES string of the molecule is Cc1ccc(Cl)c(NCCc2ccccc2)c1. The Morgan fingerprint density at radius 2 is 1.82 bits per heavy atom. The second-order valence-electron chi connectivity index (χ2n) is 4.15. The van der Waals surface area contributed by atoms with Crippen LogP contribution in [0, 0.1) is 6.92 Å². The Morgan fingerprint density at radius 3 is 2.59 bits per heavy atom. The summed E-state index contributed by atoms with van der Waals surface area (Å²) in [6.07, 6.45) is 1.01. The van der Waals surface area contributed by atoms with Gasteiger partial charge >= 0.3 is 0 Å². The van der Waals surface area contributed by atoms with Crippen LogP contribution in [0.2, 0.25) is 5.02 Å². The molecule has 0 saturated carbocycles. The van der Waals surface area contributed by atoms with Gasteiger partial charge in [-0.25, -0.2) is 0 Å². The molecule has 1 N–H and O–H groups in total. The highest BCUT2D eigenvalue weighted by Gasteiger charge is 1.99. The van der Waals surface area contributed by atoms with E-state index in [-0.39, 0.29) is 0 Å². The first kappa shape index (κ1) is 12.0. The number of halogens is 1. The van der Waals surface area contributed by atoms with Gasteiger partial charge in [0.25, 0.3) is 0 Å². The zero-order valence-corrected chi connectivity index (χ0v) is 10.7. The van der Waals surface area contributed by atoms with E-state index >= 15 is 0 Å². The second kappa shape index (κ2) is 5.74. The van der Waals surface area contributed by atoms with E-state index in [1.165, 1.54) is 11.1 Å². The summed E-state index contributed by atoms with van der Waals surface area (Å²) in [7, 11) is 0. The van der Waals surface area contributed by atoms with Crippen molar-refractivity contribution in [3.63, 3.8) is 0 Å². The van der Waals surface area contributed by atoms with Gasteiger partial charge in [0.2, 0.25) is 0 Å². The van der Waals surface area contributed by atoms with Gasteiger partial charge in [0.15, 0.2) is 0 Å². The summed E-state index contributed by atoms with van der Waals surface area (Å²) in [5.41, 5.74) is 3.57. The van der Waals surface area contributed by atoms with Crippen molar-refractivity contribution in [2.45, 2.75) is 13.3 Å². The molecular formula is C15H16ClN. The maximum Gasteiger partial charge on any atom is 0.0637 e. The quantitative estimate of drug-likeness (QED) is 0.847. The Bertz CT molecular complexity index is 480. The van der Waals surface area contributed by atoms with Crippen LogP contribution < -0.4 is 5.32 Å². The van der Waals surface area contributed by atoms with E-state index in [0.717, 1.165) is 23.7 Å². The van der Waals surface area contributed by atoms with Gasteiger partial charge in [-0.1, -0.05) is 48.0 Å². The molecule has 0 spiro atoms. The van der Waals surface area contributed by atoms with E-state index < -0.39 is 0 Å². The molecule has 0 aromatic heterocycles. The average Bonchev–Trinajstić information content (AvgIpc) is 2.35. The Labute approximate surface area is 107 Å². The second-order valence-corrected chi connectivity index (χ2v) is 4.55. The number of hydrogen-bond donors (Lipinski definition) is 1. The van der Waals surface area contributed by atoms with Crippen LogP contribution in [0.4, 0.5) is 5.69 Å². The zero-order valence-electron chi connectivity index (χ0n) is 9.91. The maximum atomic E-state index is 6.12. The standard InChI is InChI=1S/C15H16ClN/c1-12-7-8-14(16)15(11-12)17-10-9-13-5-3-2-4-6-13/h2-8,11,17H,9-10H2,1H3. The monoisotopic (exact) mass is 245 g/mol. The van der Waals surface area contributed by atoms with Crippen molar-refractivity contribution in [1.82, 2.24) is 0 Å². The van der Waals surface area contributed by atoms with Gasteiger partial charge in [-0.15, -0.1) is 0 Å². The Kier molecular flexibility index (Phi) is 4.05. The van der Waals surface area contributed by atoms with Gasteiger partial charge in [-0.2, -0.15) is 0 Å². The first-order chi connectivity index (χ1) is 8.25. The molecule has 1 nitrogen and oxygen atoms in total. The molecule has 0 heterocycles. The minimum absolute atomic E-state index is 0.781. The molecule has 0 aliphatic heterocycles. The summed E-state index contributed by atoms with van der Waals surface area (Å²) >= 11 is 6.12. The van der Waals surface area contributed by atoms with Crippen molar-refractivity contribution in [2.24, 2.45) is 0 Å². The maximum absolute atomic E-state index is 6.12. The van der Waals surface area contributed by atoms with Gasteiger partial charge in [-0.05, 0) is 36.6 Å². The summed E-state index contributed by atoms with van der Waals surface area (Å²) in [5, 5.41) is 4.15. The van der Waals surface area contributed by atoms with E-state index in [1.807, 2.05) is 18.2 Å². The molecule has 0 amide bonds. The predicted molar refractivity (Wildman–Crippen MR) is 74.8 cm³/mol. The Balaban J connectivity index is 1.92. The molecule has 0 bridgehead atoms. The van der Waals surface area contributed by atoms with Crippen LogP contribution in [0.3, 0.4) is 0 Å². The van der Waals surface area contributed by atoms with E-state index in [0.29, 0.717) is 0 Å².